The standard InChI is InChI=1S/C18H22FNO6/c1-17(2)23-11-12(24-17)14-16(26-18(3,4)25-14)22-13(11)15(21)20-10-8-6-5-7-9(10)19/h5-8,11-14,16H,1-4H3,(H,20,21)/t11-,12+,13+,14-,16-/m1/s1. The van der Waals surface area contributed by atoms with Gasteiger partial charge in [-0.15, -0.1) is 0 Å². The molecule has 1 aromatic rings. The first-order valence-corrected chi connectivity index (χ1v) is 8.57. The van der Waals surface area contributed by atoms with Crippen LogP contribution in [0.4, 0.5) is 10.1 Å². The van der Waals surface area contributed by atoms with Crippen molar-refractivity contribution in [2.24, 2.45) is 0 Å². The summed E-state index contributed by atoms with van der Waals surface area (Å²) in [7, 11) is 0. The van der Waals surface area contributed by atoms with Gasteiger partial charge in [0.1, 0.15) is 24.1 Å². The summed E-state index contributed by atoms with van der Waals surface area (Å²) in [6.45, 7) is 7.04. The van der Waals surface area contributed by atoms with E-state index in [0.29, 0.717) is 0 Å². The third kappa shape index (κ3) is 3.12. The molecule has 5 atom stereocenters. The van der Waals surface area contributed by atoms with Gasteiger partial charge in [0.15, 0.2) is 24.0 Å². The molecule has 0 radical (unpaired) electrons. The Morgan fingerprint density at radius 1 is 0.962 bits per heavy atom. The van der Waals surface area contributed by atoms with Gasteiger partial charge in [0, 0.05) is 0 Å². The first-order chi connectivity index (χ1) is 12.2. The Labute approximate surface area is 150 Å². The molecule has 0 spiro atoms. The number of fused-ring (bicyclic) bond motifs is 3. The summed E-state index contributed by atoms with van der Waals surface area (Å²) in [5.74, 6) is -2.83. The topological polar surface area (TPSA) is 75.3 Å². The van der Waals surface area contributed by atoms with Crippen LogP contribution in [0, 0.1) is 5.82 Å². The normalized spacial score (nSPS) is 37.0. The van der Waals surface area contributed by atoms with Crippen LogP contribution in [-0.2, 0) is 28.5 Å². The van der Waals surface area contributed by atoms with Gasteiger partial charge in [0.2, 0.25) is 0 Å². The fourth-order valence-electron chi connectivity index (χ4n) is 3.59. The van der Waals surface area contributed by atoms with Crippen LogP contribution >= 0.6 is 0 Å². The van der Waals surface area contributed by atoms with Crippen molar-refractivity contribution in [1.29, 1.82) is 0 Å². The molecule has 1 aromatic carbocycles. The molecule has 1 N–H and O–H groups in total. The predicted molar refractivity (Wildman–Crippen MR) is 87.6 cm³/mol. The van der Waals surface area contributed by atoms with E-state index in [9.17, 15) is 9.18 Å². The minimum atomic E-state index is -1.03. The first-order valence-electron chi connectivity index (χ1n) is 8.57. The molecule has 8 heteroatoms. The average molecular weight is 367 g/mol. The maximum atomic E-state index is 13.9. The molecule has 0 aliphatic carbocycles. The van der Waals surface area contributed by atoms with E-state index in [4.69, 9.17) is 23.7 Å². The molecular weight excluding hydrogens is 345 g/mol. The fourth-order valence-corrected chi connectivity index (χ4v) is 3.59. The molecule has 3 aliphatic heterocycles. The number of nitrogens with one attached hydrogen (secondary N) is 1. The minimum absolute atomic E-state index is 0.0712. The summed E-state index contributed by atoms with van der Waals surface area (Å²) in [6, 6.07) is 5.93. The molecule has 0 bridgehead atoms. The number of carbonyl (C=O) groups is 1. The zero-order valence-electron chi connectivity index (χ0n) is 15.0. The summed E-state index contributed by atoms with van der Waals surface area (Å²) in [5, 5.41) is 2.55. The molecule has 0 saturated carbocycles. The predicted octanol–water partition coefficient (Wildman–Crippen LogP) is 2.16. The van der Waals surface area contributed by atoms with Crippen LogP contribution in [0.15, 0.2) is 24.3 Å². The summed E-state index contributed by atoms with van der Waals surface area (Å²) in [6.07, 6.45) is -3.56. The molecule has 3 aliphatic rings. The molecular formula is C18H22FNO6. The molecule has 142 valence electrons. The van der Waals surface area contributed by atoms with Crippen LogP contribution in [0.3, 0.4) is 0 Å². The lowest BCUT2D eigenvalue weighted by molar-refractivity contribution is -0.229. The Kier molecular flexibility index (Phi) is 4.09. The molecule has 3 saturated heterocycles. The van der Waals surface area contributed by atoms with Gasteiger partial charge in [-0.2, -0.15) is 0 Å². The summed E-state index contributed by atoms with van der Waals surface area (Å²) in [4.78, 5) is 12.8. The van der Waals surface area contributed by atoms with Gasteiger partial charge < -0.3 is 29.0 Å². The van der Waals surface area contributed by atoms with Gasteiger partial charge in [-0.05, 0) is 39.8 Å². The van der Waals surface area contributed by atoms with Crippen molar-refractivity contribution in [3.8, 4) is 0 Å². The number of hydrogen-bond donors (Lipinski definition) is 1. The number of para-hydroxylation sites is 1. The van der Waals surface area contributed by atoms with Crippen molar-refractivity contribution in [2.45, 2.75) is 70.0 Å². The van der Waals surface area contributed by atoms with E-state index < -0.39 is 54.0 Å². The van der Waals surface area contributed by atoms with Crippen molar-refractivity contribution in [2.75, 3.05) is 5.32 Å². The Balaban J connectivity index is 1.59. The monoisotopic (exact) mass is 367 g/mol. The van der Waals surface area contributed by atoms with Crippen LogP contribution in [0.25, 0.3) is 0 Å². The van der Waals surface area contributed by atoms with E-state index in [1.807, 2.05) is 0 Å². The number of anilines is 1. The van der Waals surface area contributed by atoms with Crippen LogP contribution < -0.4 is 5.32 Å². The molecule has 3 fully saturated rings. The van der Waals surface area contributed by atoms with Gasteiger partial charge in [0.05, 0.1) is 5.69 Å². The second kappa shape index (κ2) is 5.97. The molecule has 3 heterocycles. The first kappa shape index (κ1) is 17.8. The lowest BCUT2D eigenvalue weighted by atomic mass is 9.98. The Morgan fingerprint density at radius 3 is 2.31 bits per heavy atom. The van der Waals surface area contributed by atoms with Gasteiger partial charge in [-0.25, -0.2) is 4.39 Å². The van der Waals surface area contributed by atoms with E-state index in [2.05, 4.69) is 5.32 Å². The van der Waals surface area contributed by atoms with Crippen LogP contribution in [0.2, 0.25) is 0 Å². The zero-order valence-corrected chi connectivity index (χ0v) is 15.0. The molecule has 26 heavy (non-hydrogen) atoms. The Morgan fingerprint density at radius 2 is 1.58 bits per heavy atom. The highest BCUT2D eigenvalue weighted by Gasteiger charge is 2.62. The lowest BCUT2D eigenvalue weighted by Crippen LogP contribution is -2.58. The van der Waals surface area contributed by atoms with E-state index >= 15 is 0 Å². The van der Waals surface area contributed by atoms with Crippen molar-refractivity contribution in [1.82, 2.24) is 0 Å². The van der Waals surface area contributed by atoms with Crippen molar-refractivity contribution in [3.05, 3.63) is 30.1 Å². The third-order valence-electron chi connectivity index (χ3n) is 4.54. The fraction of sp³-hybridized carbons (Fsp3) is 0.611. The molecule has 1 amide bonds. The lowest BCUT2D eigenvalue weighted by Gasteiger charge is -2.36. The number of carbonyl (C=O) groups excluding carboxylic acids is 1. The summed E-state index contributed by atoms with van der Waals surface area (Å²) >= 11 is 0. The highest BCUT2D eigenvalue weighted by atomic mass is 19.1. The highest BCUT2D eigenvalue weighted by Crippen LogP contribution is 2.44. The zero-order chi connectivity index (χ0) is 18.7. The largest absolute Gasteiger partial charge is 0.342 e. The number of benzene rings is 1. The third-order valence-corrected chi connectivity index (χ3v) is 4.54. The number of hydrogen-bond acceptors (Lipinski definition) is 6. The maximum Gasteiger partial charge on any atom is 0.256 e. The SMILES string of the molecule is CC1(C)O[C@H]2[C@@H](O1)[C@@H](C(=O)Nc1ccccc1F)O[C@@H]1OC(C)(C)O[C@@H]12. The minimum Gasteiger partial charge on any atom is -0.342 e. The van der Waals surface area contributed by atoms with E-state index in [1.54, 1.807) is 39.8 Å². The van der Waals surface area contributed by atoms with Crippen LogP contribution in [-0.4, -0.2) is 48.2 Å². The van der Waals surface area contributed by atoms with E-state index in [-0.39, 0.29) is 5.69 Å². The highest BCUT2D eigenvalue weighted by molar-refractivity contribution is 5.95. The number of halogens is 1. The Bertz CT molecular complexity index is 723. The van der Waals surface area contributed by atoms with Crippen LogP contribution in [0.1, 0.15) is 27.7 Å². The number of rotatable bonds is 2. The Hall–Kier alpha value is -1.58. The van der Waals surface area contributed by atoms with Crippen LogP contribution in [0.5, 0.6) is 0 Å². The second-order valence-corrected chi connectivity index (χ2v) is 7.56. The van der Waals surface area contributed by atoms with Crippen molar-refractivity contribution >= 4 is 11.6 Å². The smallest absolute Gasteiger partial charge is 0.256 e. The molecule has 0 aromatic heterocycles. The summed E-state index contributed by atoms with van der Waals surface area (Å²) < 4.78 is 43.2. The number of amides is 1. The van der Waals surface area contributed by atoms with Crippen molar-refractivity contribution in [3.63, 3.8) is 0 Å². The van der Waals surface area contributed by atoms with Gasteiger partial charge in [0.25, 0.3) is 5.91 Å². The maximum absolute atomic E-state index is 13.9. The van der Waals surface area contributed by atoms with Crippen molar-refractivity contribution < 1.29 is 32.9 Å². The van der Waals surface area contributed by atoms with Gasteiger partial charge in [-0.3, -0.25) is 4.79 Å². The van der Waals surface area contributed by atoms with E-state index in [1.165, 1.54) is 12.1 Å². The quantitative estimate of drug-likeness (QED) is 0.863. The molecule has 4 rings (SSSR count). The molecule has 7 nitrogen and oxygen atoms in total. The average Bonchev–Trinajstić information content (AvgIpc) is 3.02. The van der Waals surface area contributed by atoms with E-state index in [0.717, 1.165) is 0 Å². The summed E-state index contributed by atoms with van der Waals surface area (Å²) in [5.41, 5.74) is 0.0712. The second-order valence-electron chi connectivity index (χ2n) is 7.56. The number of ether oxygens (including phenoxy) is 5. The van der Waals surface area contributed by atoms with Gasteiger partial charge in [-0.1, -0.05) is 12.1 Å². The van der Waals surface area contributed by atoms with Gasteiger partial charge >= 0.3 is 0 Å². The molecule has 0 unspecified atom stereocenters.